The number of sulfonamides is 1. The Labute approximate surface area is 155 Å². The molecule has 1 aliphatic carbocycles. The lowest BCUT2D eigenvalue weighted by Gasteiger charge is -2.36. The third-order valence-electron chi connectivity index (χ3n) is 6.27. The quantitative estimate of drug-likeness (QED) is 0.779. The van der Waals surface area contributed by atoms with Crippen molar-refractivity contribution in [3.63, 3.8) is 0 Å². The van der Waals surface area contributed by atoms with Gasteiger partial charge >= 0.3 is 0 Å². The average Bonchev–Trinajstić information content (AvgIpc) is 3.27. The molecule has 1 aromatic heterocycles. The van der Waals surface area contributed by atoms with Crippen LogP contribution in [0, 0.1) is 25.2 Å². The maximum atomic E-state index is 13.0. The van der Waals surface area contributed by atoms with Gasteiger partial charge < -0.3 is 9.42 Å². The average molecular weight is 384 g/mol. The van der Waals surface area contributed by atoms with Crippen LogP contribution in [-0.2, 0) is 14.8 Å². The molecule has 0 spiro atoms. The largest absolute Gasteiger partial charge is 0.360 e. The second-order valence-corrected chi connectivity index (χ2v) is 10.0. The minimum absolute atomic E-state index is 0.0456. The molecule has 0 unspecified atom stereocenters. The van der Waals surface area contributed by atoms with Crippen LogP contribution in [0.3, 0.4) is 0 Å². The number of nitrogens with zero attached hydrogens (tertiary/aromatic N) is 3. The summed E-state index contributed by atoms with van der Waals surface area (Å²) in [5.74, 6) is 0.0430. The fraction of sp³-hybridized carbons (Fsp3) is 0.778. The number of hydrogen-bond acceptors (Lipinski definition) is 5. The molecule has 2 aliphatic rings. The first-order chi connectivity index (χ1) is 12.1. The Morgan fingerprint density at radius 1 is 1.38 bits per heavy atom. The lowest BCUT2D eigenvalue weighted by atomic mass is 9.94. The summed E-state index contributed by atoms with van der Waals surface area (Å²) in [6.45, 7) is 8.17. The highest BCUT2D eigenvalue weighted by molar-refractivity contribution is 7.89. The van der Waals surface area contributed by atoms with Crippen LogP contribution in [-0.4, -0.2) is 54.9 Å². The van der Waals surface area contributed by atoms with Crippen molar-refractivity contribution in [3.8, 4) is 0 Å². The topological polar surface area (TPSA) is 83.7 Å². The molecule has 8 heteroatoms. The number of piperidine rings is 1. The Morgan fingerprint density at radius 3 is 2.58 bits per heavy atom. The summed E-state index contributed by atoms with van der Waals surface area (Å²) in [6, 6.07) is 0.171. The molecule has 146 valence electrons. The first-order valence-corrected chi connectivity index (χ1v) is 10.7. The highest BCUT2D eigenvalue weighted by Gasteiger charge is 2.46. The monoisotopic (exact) mass is 383 g/mol. The Balaban J connectivity index is 1.76. The smallest absolute Gasteiger partial charge is 0.248 e. The molecule has 1 amide bonds. The van der Waals surface area contributed by atoms with Crippen LogP contribution in [0.1, 0.15) is 51.0 Å². The molecule has 0 aromatic carbocycles. The van der Waals surface area contributed by atoms with E-state index in [1.54, 1.807) is 13.8 Å². The second kappa shape index (κ2) is 6.64. The number of aromatic nitrogens is 1. The maximum Gasteiger partial charge on any atom is 0.248 e. The molecule has 1 aliphatic heterocycles. The molecule has 2 fully saturated rings. The number of amides is 1. The normalized spacial score (nSPS) is 24.3. The molecule has 3 rings (SSSR count). The van der Waals surface area contributed by atoms with Gasteiger partial charge in [0.05, 0.1) is 5.92 Å². The second-order valence-electron chi connectivity index (χ2n) is 8.13. The summed E-state index contributed by atoms with van der Waals surface area (Å²) < 4.78 is 32.5. The van der Waals surface area contributed by atoms with Crippen molar-refractivity contribution in [1.29, 1.82) is 0 Å². The molecule has 1 saturated heterocycles. The summed E-state index contributed by atoms with van der Waals surface area (Å²) >= 11 is 0. The van der Waals surface area contributed by atoms with Crippen LogP contribution in [0.5, 0.6) is 0 Å². The zero-order chi connectivity index (χ0) is 19.3. The first kappa shape index (κ1) is 19.4. The van der Waals surface area contributed by atoms with Gasteiger partial charge in [0.15, 0.2) is 5.76 Å². The van der Waals surface area contributed by atoms with Crippen LogP contribution >= 0.6 is 0 Å². The number of carbonyl (C=O) groups excluding carboxylic acids is 1. The van der Waals surface area contributed by atoms with Gasteiger partial charge in [0.2, 0.25) is 15.9 Å². The summed E-state index contributed by atoms with van der Waals surface area (Å²) in [7, 11) is -1.86. The number of hydrogen-bond donors (Lipinski definition) is 0. The predicted molar refractivity (Wildman–Crippen MR) is 97.0 cm³/mol. The third-order valence-corrected chi connectivity index (χ3v) is 8.39. The third kappa shape index (κ3) is 3.29. The minimum Gasteiger partial charge on any atom is -0.360 e. The molecule has 2 atom stereocenters. The standard InChI is InChI=1S/C18H29N3O4S/c1-12-16(13(2)25-19-12)26(23,24)21-10-6-7-15(11-21)17(22)20(5)14(3)18(4)8-9-18/h14-15H,6-11H2,1-5H3/t14-,15-/m0/s1. The van der Waals surface area contributed by atoms with Gasteiger partial charge in [0.25, 0.3) is 0 Å². The van der Waals surface area contributed by atoms with Gasteiger partial charge in [-0.3, -0.25) is 4.79 Å². The van der Waals surface area contributed by atoms with E-state index in [-0.39, 0.29) is 34.7 Å². The molecule has 26 heavy (non-hydrogen) atoms. The van der Waals surface area contributed by atoms with E-state index in [1.165, 1.54) is 4.31 Å². The van der Waals surface area contributed by atoms with Gasteiger partial charge in [-0.05, 0) is 51.9 Å². The molecule has 1 saturated carbocycles. The van der Waals surface area contributed by atoms with E-state index in [0.29, 0.717) is 24.4 Å². The number of rotatable bonds is 5. The molecule has 0 bridgehead atoms. The lowest BCUT2D eigenvalue weighted by molar-refractivity contribution is -0.138. The van der Waals surface area contributed by atoms with Crippen LogP contribution in [0.2, 0.25) is 0 Å². The van der Waals surface area contributed by atoms with Gasteiger partial charge in [0.1, 0.15) is 10.6 Å². The van der Waals surface area contributed by atoms with Crippen molar-refractivity contribution < 1.29 is 17.7 Å². The summed E-state index contributed by atoms with van der Waals surface area (Å²) in [4.78, 5) is 14.9. The Hall–Kier alpha value is -1.41. The Bertz CT molecular complexity index is 778. The van der Waals surface area contributed by atoms with E-state index in [2.05, 4.69) is 19.0 Å². The zero-order valence-electron chi connectivity index (χ0n) is 16.3. The van der Waals surface area contributed by atoms with Crippen LogP contribution in [0.25, 0.3) is 0 Å². The van der Waals surface area contributed by atoms with Gasteiger partial charge in [-0.1, -0.05) is 12.1 Å². The van der Waals surface area contributed by atoms with Crippen molar-refractivity contribution in [2.24, 2.45) is 11.3 Å². The fourth-order valence-corrected chi connectivity index (χ4v) is 5.71. The van der Waals surface area contributed by atoms with Crippen molar-refractivity contribution in [2.75, 3.05) is 20.1 Å². The molecule has 1 aromatic rings. The van der Waals surface area contributed by atoms with Crippen molar-refractivity contribution in [2.45, 2.75) is 64.3 Å². The first-order valence-electron chi connectivity index (χ1n) is 9.27. The van der Waals surface area contributed by atoms with Crippen molar-refractivity contribution >= 4 is 15.9 Å². The summed E-state index contributed by atoms with van der Waals surface area (Å²) in [5.41, 5.74) is 0.574. The van der Waals surface area contributed by atoms with Crippen molar-refractivity contribution in [1.82, 2.24) is 14.4 Å². The van der Waals surface area contributed by atoms with Crippen LogP contribution in [0.4, 0.5) is 0 Å². The summed E-state index contributed by atoms with van der Waals surface area (Å²) in [5, 5.41) is 3.76. The zero-order valence-corrected chi connectivity index (χ0v) is 17.1. The molecule has 7 nitrogen and oxygen atoms in total. The van der Waals surface area contributed by atoms with E-state index >= 15 is 0 Å². The Morgan fingerprint density at radius 2 is 2.04 bits per heavy atom. The SMILES string of the molecule is Cc1noc(C)c1S(=O)(=O)N1CCC[C@H](C(=O)N(C)[C@@H](C)C2(C)CC2)C1. The summed E-state index contributed by atoms with van der Waals surface area (Å²) in [6.07, 6.45) is 3.69. The molecule has 0 N–H and O–H groups in total. The molecular weight excluding hydrogens is 354 g/mol. The van der Waals surface area contributed by atoms with E-state index < -0.39 is 10.0 Å². The van der Waals surface area contributed by atoms with E-state index in [0.717, 1.165) is 19.3 Å². The number of carbonyl (C=O) groups is 1. The van der Waals surface area contributed by atoms with Gasteiger partial charge in [-0.2, -0.15) is 4.31 Å². The highest BCUT2D eigenvalue weighted by atomic mass is 32.2. The van der Waals surface area contributed by atoms with Crippen molar-refractivity contribution in [3.05, 3.63) is 11.5 Å². The van der Waals surface area contributed by atoms with E-state index in [1.807, 2.05) is 11.9 Å². The highest BCUT2D eigenvalue weighted by Crippen LogP contribution is 2.49. The lowest BCUT2D eigenvalue weighted by Crippen LogP contribution is -2.49. The predicted octanol–water partition coefficient (Wildman–Crippen LogP) is 2.34. The van der Waals surface area contributed by atoms with Gasteiger partial charge in [-0.25, -0.2) is 8.42 Å². The van der Waals surface area contributed by atoms with Crippen LogP contribution < -0.4 is 0 Å². The molecular formula is C18H29N3O4S. The van der Waals surface area contributed by atoms with E-state index in [4.69, 9.17) is 4.52 Å². The minimum atomic E-state index is -3.70. The van der Waals surface area contributed by atoms with Gasteiger partial charge in [0, 0.05) is 26.2 Å². The Kier molecular flexibility index (Phi) is 4.94. The fourth-order valence-electron chi connectivity index (χ4n) is 3.90. The molecule has 0 radical (unpaired) electrons. The molecule has 2 heterocycles. The van der Waals surface area contributed by atoms with Gasteiger partial charge in [-0.15, -0.1) is 0 Å². The number of aryl methyl sites for hydroxylation is 2. The maximum absolute atomic E-state index is 13.0. The van der Waals surface area contributed by atoms with E-state index in [9.17, 15) is 13.2 Å². The van der Waals surface area contributed by atoms with Crippen LogP contribution in [0.15, 0.2) is 9.42 Å².